The number of anilines is 1. The van der Waals surface area contributed by atoms with E-state index in [1.165, 1.54) is 42.7 Å². The van der Waals surface area contributed by atoms with Crippen LogP contribution in [-0.4, -0.2) is 11.3 Å². The SMILES string of the molecule is c1ccc2c(c1)N[C@@H]1CCCCC[C@@H]1S2. The maximum atomic E-state index is 3.72. The van der Waals surface area contributed by atoms with E-state index >= 15 is 0 Å². The summed E-state index contributed by atoms with van der Waals surface area (Å²) in [6, 6.07) is 9.44. The number of para-hydroxylation sites is 1. The van der Waals surface area contributed by atoms with Gasteiger partial charge in [-0.3, -0.25) is 0 Å². The molecular weight excluding hydrogens is 202 g/mol. The zero-order valence-corrected chi connectivity index (χ0v) is 9.72. The minimum absolute atomic E-state index is 0.715. The van der Waals surface area contributed by atoms with E-state index in [4.69, 9.17) is 0 Å². The highest BCUT2D eigenvalue weighted by Gasteiger charge is 2.29. The third kappa shape index (κ3) is 1.87. The molecule has 1 nitrogen and oxygen atoms in total. The summed E-state index contributed by atoms with van der Waals surface area (Å²) in [5, 5.41) is 4.53. The second kappa shape index (κ2) is 4.09. The summed E-state index contributed by atoms with van der Waals surface area (Å²) in [5.41, 5.74) is 1.35. The van der Waals surface area contributed by atoms with Gasteiger partial charge < -0.3 is 5.32 Å². The monoisotopic (exact) mass is 219 g/mol. The normalized spacial score (nSPS) is 29.6. The Morgan fingerprint density at radius 1 is 1.07 bits per heavy atom. The topological polar surface area (TPSA) is 12.0 Å². The van der Waals surface area contributed by atoms with Gasteiger partial charge in [0.25, 0.3) is 0 Å². The molecule has 0 aromatic heterocycles. The van der Waals surface area contributed by atoms with E-state index in [0.29, 0.717) is 6.04 Å². The van der Waals surface area contributed by atoms with Gasteiger partial charge >= 0.3 is 0 Å². The fraction of sp³-hybridized carbons (Fsp3) is 0.538. The summed E-state index contributed by atoms with van der Waals surface area (Å²) in [6.45, 7) is 0. The number of benzene rings is 1. The summed E-state index contributed by atoms with van der Waals surface area (Å²) >= 11 is 2.09. The van der Waals surface area contributed by atoms with Gasteiger partial charge in [-0.25, -0.2) is 0 Å². The van der Waals surface area contributed by atoms with Crippen molar-refractivity contribution in [3.05, 3.63) is 24.3 Å². The number of hydrogen-bond acceptors (Lipinski definition) is 2. The first-order valence-corrected chi connectivity index (χ1v) is 6.84. The van der Waals surface area contributed by atoms with Crippen molar-refractivity contribution in [1.82, 2.24) is 0 Å². The average Bonchev–Trinajstić information content (AvgIpc) is 2.50. The van der Waals surface area contributed by atoms with Crippen molar-refractivity contribution in [1.29, 1.82) is 0 Å². The van der Waals surface area contributed by atoms with Crippen molar-refractivity contribution >= 4 is 17.4 Å². The highest BCUT2D eigenvalue weighted by Crippen LogP contribution is 2.42. The van der Waals surface area contributed by atoms with Crippen LogP contribution in [-0.2, 0) is 0 Å². The smallest absolute Gasteiger partial charge is 0.0481 e. The second-order valence-electron chi connectivity index (χ2n) is 4.54. The van der Waals surface area contributed by atoms with Gasteiger partial charge in [0, 0.05) is 21.9 Å². The maximum Gasteiger partial charge on any atom is 0.0481 e. The number of thioether (sulfide) groups is 1. The third-order valence-electron chi connectivity index (χ3n) is 3.46. The van der Waals surface area contributed by atoms with E-state index in [1.54, 1.807) is 0 Å². The van der Waals surface area contributed by atoms with E-state index in [2.05, 4.69) is 41.3 Å². The van der Waals surface area contributed by atoms with Gasteiger partial charge in [-0.05, 0) is 25.0 Å². The quantitative estimate of drug-likeness (QED) is 0.710. The van der Waals surface area contributed by atoms with Crippen molar-refractivity contribution in [2.24, 2.45) is 0 Å². The maximum absolute atomic E-state index is 3.72. The predicted molar refractivity (Wildman–Crippen MR) is 66.6 cm³/mol. The molecular formula is C13H17NS. The van der Waals surface area contributed by atoms with Gasteiger partial charge in [-0.15, -0.1) is 11.8 Å². The molecule has 80 valence electrons. The molecule has 1 aromatic carbocycles. The van der Waals surface area contributed by atoms with Crippen molar-refractivity contribution < 1.29 is 0 Å². The minimum Gasteiger partial charge on any atom is -0.380 e. The largest absolute Gasteiger partial charge is 0.380 e. The van der Waals surface area contributed by atoms with E-state index in [-0.39, 0.29) is 0 Å². The molecule has 0 amide bonds. The molecule has 1 heterocycles. The molecule has 1 saturated carbocycles. The Kier molecular flexibility index (Phi) is 2.61. The van der Waals surface area contributed by atoms with Gasteiger partial charge in [-0.2, -0.15) is 0 Å². The molecule has 1 fully saturated rings. The van der Waals surface area contributed by atoms with Crippen LogP contribution in [0, 0.1) is 0 Å². The summed E-state index contributed by atoms with van der Waals surface area (Å²) < 4.78 is 0. The molecule has 1 aliphatic carbocycles. The summed E-state index contributed by atoms with van der Waals surface area (Å²) in [4.78, 5) is 1.45. The lowest BCUT2D eigenvalue weighted by atomic mass is 10.1. The van der Waals surface area contributed by atoms with Crippen LogP contribution in [0.3, 0.4) is 0 Å². The van der Waals surface area contributed by atoms with Gasteiger partial charge in [0.1, 0.15) is 0 Å². The predicted octanol–water partition coefficient (Wildman–Crippen LogP) is 3.91. The van der Waals surface area contributed by atoms with Crippen molar-refractivity contribution in [3.8, 4) is 0 Å². The Morgan fingerprint density at radius 3 is 2.93 bits per heavy atom. The Hall–Kier alpha value is -0.630. The first-order valence-electron chi connectivity index (χ1n) is 5.96. The molecule has 0 spiro atoms. The molecule has 2 heteroatoms. The van der Waals surface area contributed by atoms with Crippen LogP contribution >= 0.6 is 11.8 Å². The highest BCUT2D eigenvalue weighted by molar-refractivity contribution is 8.00. The molecule has 1 N–H and O–H groups in total. The fourth-order valence-corrected chi connectivity index (χ4v) is 4.02. The first-order chi connectivity index (χ1) is 7.43. The van der Waals surface area contributed by atoms with Gasteiger partial charge in [0.05, 0.1) is 0 Å². The van der Waals surface area contributed by atoms with E-state index in [1.807, 2.05) is 0 Å². The lowest BCUT2D eigenvalue weighted by molar-refractivity contribution is 0.626. The molecule has 3 rings (SSSR count). The minimum atomic E-state index is 0.715. The lowest BCUT2D eigenvalue weighted by Gasteiger charge is -2.32. The molecule has 2 atom stereocenters. The molecule has 15 heavy (non-hydrogen) atoms. The zero-order valence-electron chi connectivity index (χ0n) is 8.91. The Balaban J connectivity index is 1.87. The van der Waals surface area contributed by atoms with E-state index < -0.39 is 0 Å². The fourth-order valence-electron chi connectivity index (χ4n) is 2.63. The summed E-state index contributed by atoms with van der Waals surface area (Å²) in [7, 11) is 0. The molecule has 0 radical (unpaired) electrons. The highest BCUT2D eigenvalue weighted by atomic mass is 32.2. The van der Waals surface area contributed by atoms with Crippen LogP contribution in [0.15, 0.2) is 29.2 Å². The number of rotatable bonds is 0. The number of nitrogens with one attached hydrogen (secondary N) is 1. The van der Waals surface area contributed by atoms with Crippen LogP contribution in [0.5, 0.6) is 0 Å². The molecule has 0 bridgehead atoms. The van der Waals surface area contributed by atoms with Gasteiger partial charge in [-0.1, -0.05) is 31.4 Å². The number of fused-ring (bicyclic) bond motifs is 2. The van der Waals surface area contributed by atoms with Crippen LogP contribution in [0.25, 0.3) is 0 Å². The first kappa shape index (κ1) is 9.59. The van der Waals surface area contributed by atoms with Crippen LogP contribution < -0.4 is 5.32 Å². The standard InChI is InChI=1S/C13H17NS/c1-2-6-10-12(8-3-1)15-13-9-5-4-7-11(13)14-10/h4-5,7,9-10,12,14H,1-3,6,8H2/t10-,12+/m1/s1. The third-order valence-corrected chi connectivity index (χ3v) is 4.94. The van der Waals surface area contributed by atoms with Crippen LogP contribution in [0.2, 0.25) is 0 Å². The number of hydrogen-bond donors (Lipinski definition) is 1. The van der Waals surface area contributed by atoms with Crippen molar-refractivity contribution in [2.45, 2.75) is 48.3 Å². The van der Waals surface area contributed by atoms with E-state index in [0.717, 1.165) is 5.25 Å². The van der Waals surface area contributed by atoms with Crippen molar-refractivity contribution in [2.75, 3.05) is 5.32 Å². The van der Waals surface area contributed by atoms with Crippen LogP contribution in [0.4, 0.5) is 5.69 Å². The van der Waals surface area contributed by atoms with Gasteiger partial charge in [0.15, 0.2) is 0 Å². The Morgan fingerprint density at radius 2 is 1.93 bits per heavy atom. The molecule has 2 aliphatic rings. The Labute approximate surface area is 95.6 Å². The zero-order chi connectivity index (χ0) is 10.1. The lowest BCUT2D eigenvalue weighted by Crippen LogP contribution is -2.33. The van der Waals surface area contributed by atoms with E-state index in [9.17, 15) is 0 Å². The molecule has 0 saturated heterocycles. The average molecular weight is 219 g/mol. The van der Waals surface area contributed by atoms with Crippen LogP contribution in [0.1, 0.15) is 32.1 Å². The molecule has 1 aliphatic heterocycles. The van der Waals surface area contributed by atoms with Crippen molar-refractivity contribution in [3.63, 3.8) is 0 Å². The molecule has 0 unspecified atom stereocenters. The second-order valence-corrected chi connectivity index (χ2v) is 5.82. The summed E-state index contributed by atoms with van der Waals surface area (Å²) in [5.74, 6) is 0. The molecule has 1 aromatic rings. The van der Waals surface area contributed by atoms with Gasteiger partial charge in [0.2, 0.25) is 0 Å². The Bertz CT molecular complexity index is 317. The summed E-state index contributed by atoms with van der Waals surface area (Å²) in [6.07, 6.45) is 6.98.